The monoisotopic (exact) mass is 478 g/mol. The van der Waals surface area contributed by atoms with Gasteiger partial charge in [-0.3, -0.25) is 4.68 Å². The van der Waals surface area contributed by atoms with Crippen LogP contribution in [0.4, 0.5) is 0 Å². The van der Waals surface area contributed by atoms with Gasteiger partial charge in [0, 0.05) is 35.2 Å². The topological polar surface area (TPSA) is 73.6 Å². The van der Waals surface area contributed by atoms with E-state index in [1.165, 1.54) is 32.1 Å². The van der Waals surface area contributed by atoms with E-state index in [1.807, 2.05) is 36.4 Å². The normalized spacial score (nSPS) is 22.8. The molecule has 3 aromatic rings. The van der Waals surface area contributed by atoms with Crippen LogP contribution in [0.25, 0.3) is 11.3 Å². The number of aromatic nitrogens is 2. The largest absolute Gasteiger partial charge is 0.477 e. The van der Waals surface area contributed by atoms with Gasteiger partial charge in [-0.2, -0.15) is 5.10 Å². The summed E-state index contributed by atoms with van der Waals surface area (Å²) in [5.74, 6) is 2.21. The number of halogens is 1. The molecule has 34 heavy (non-hydrogen) atoms. The highest BCUT2D eigenvalue weighted by Gasteiger charge is 2.37. The average Bonchev–Trinajstić information content (AvgIpc) is 3.45. The summed E-state index contributed by atoms with van der Waals surface area (Å²) in [6.45, 7) is 0.809. The van der Waals surface area contributed by atoms with E-state index in [9.17, 15) is 9.90 Å². The molecule has 1 unspecified atom stereocenters. The Morgan fingerprint density at radius 1 is 1.09 bits per heavy atom. The Hall–Kier alpha value is -2.99. The van der Waals surface area contributed by atoms with Crippen molar-refractivity contribution in [1.82, 2.24) is 9.78 Å². The van der Waals surface area contributed by atoms with Crippen molar-refractivity contribution in [2.75, 3.05) is 6.79 Å². The number of carboxylic acid groups (broad SMARTS) is 1. The molecule has 176 valence electrons. The lowest BCUT2D eigenvalue weighted by Gasteiger charge is -2.42. The fraction of sp³-hybridized carbons (Fsp3) is 0.407. The van der Waals surface area contributed by atoms with E-state index in [4.69, 9.17) is 26.2 Å². The molecule has 0 radical (unpaired) electrons. The summed E-state index contributed by atoms with van der Waals surface area (Å²) in [6.07, 6.45) is 6.66. The van der Waals surface area contributed by atoms with E-state index in [2.05, 4.69) is 0 Å². The molecule has 4 aliphatic rings. The van der Waals surface area contributed by atoms with E-state index in [-0.39, 0.29) is 12.5 Å². The third-order valence-corrected chi connectivity index (χ3v) is 8.16. The minimum absolute atomic E-state index is 0.159. The van der Waals surface area contributed by atoms with Crippen LogP contribution >= 0.6 is 11.6 Å². The number of nitrogens with zero attached hydrogens (tertiary/aromatic N) is 2. The summed E-state index contributed by atoms with van der Waals surface area (Å²) < 4.78 is 12.7. The van der Waals surface area contributed by atoms with Crippen molar-refractivity contribution >= 4 is 17.6 Å². The molecule has 2 heterocycles. The standard InChI is InChI=1S/C27H27ClN2O4/c28-22-13-24-23(33-15-34-24)12-19(22)11-21-25(18-4-2-1-3-5-18)29-30(26(21)27(31)32)14-20-10-16-6-8-17(20)9-7-16/h1-5,12-13,16-17,20H,6-11,14-15H2,(H,31,32). The number of aromatic carboxylic acids is 1. The zero-order chi connectivity index (χ0) is 23.2. The van der Waals surface area contributed by atoms with Crippen LogP contribution < -0.4 is 9.47 Å². The number of hydrogen-bond donors (Lipinski definition) is 1. The molecule has 0 spiro atoms. The summed E-state index contributed by atoms with van der Waals surface area (Å²) in [4.78, 5) is 12.6. The Morgan fingerprint density at radius 3 is 2.50 bits per heavy atom. The predicted molar refractivity (Wildman–Crippen MR) is 129 cm³/mol. The number of fused-ring (bicyclic) bond motifs is 4. The van der Waals surface area contributed by atoms with Crippen molar-refractivity contribution in [3.05, 3.63) is 64.3 Å². The molecule has 2 aromatic carbocycles. The number of ether oxygens (including phenoxy) is 2. The van der Waals surface area contributed by atoms with E-state index in [0.29, 0.717) is 52.6 Å². The minimum atomic E-state index is -0.956. The molecule has 1 N–H and O–H groups in total. The maximum Gasteiger partial charge on any atom is 0.354 e. The number of hydrogen-bond acceptors (Lipinski definition) is 4. The second-order valence-electron chi connectivity index (χ2n) is 9.78. The Kier molecular flexibility index (Phi) is 5.48. The van der Waals surface area contributed by atoms with Crippen molar-refractivity contribution < 1.29 is 19.4 Å². The quantitative estimate of drug-likeness (QED) is 0.467. The van der Waals surface area contributed by atoms with Crippen LogP contribution in [0.1, 0.15) is 53.7 Å². The summed E-state index contributed by atoms with van der Waals surface area (Å²) in [5, 5.41) is 15.8. The molecule has 3 saturated carbocycles. The second kappa shape index (κ2) is 8.66. The van der Waals surface area contributed by atoms with Crippen molar-refractivity contribution in [3.8, 4) is 22.8 Å². The van der Waals surface area contributed by atoms with Crippen molar-refractivity contribution in [1.29, 1.82) is 0 Å². The van der Waals surface area contributed by atoms with Gasteiger partial charge in [0.15, 0.2) is 11.5 Å². The number of benzene rings is 2. The summed E-state index contributed by atoms with van der Waals surface area (Å²) in [7, 11) is 0. The van der Waals surface area contributed by atoms with Gasteiger partial charge in [0.05, 0.1) is 5.69 Å². The maximum atomic E-state index is 12.6. The van der Waals surface area contributed by atoms with Gasteiger partial charge in [-0.25, -0.2) is 4.79 Å². The van der Waals surface area contributed by atoms with Gasteiger partial charge in [0.2, 0.25) is 6.79 Å². The van der Waals surface area contributed by atoms with Gasteiger partial charge in [-0.15, -0.1) is 0 Å². The Bertz CT molecular complexity index is 1230. The molecule has 0 amide bonds. The van der Waals surface area contributed by atoms with Crippen LogP contribution in [0.15, 0.2) is 42.5 Å². The van der Waals surface area contributed by atoms with Gasteiger partial charge in [0.25, 0.3) is 0 Å². The Balaban J connectivity index is 1.43. The van der Waals surface area contributed by atoms with Crippen LogP contribution in [0, 0.1) is 17.8 Å². The molecule has 7 rings (SSSR count). The van der Waals surface area contributed by atoms with Crippen molar-refractivity contribution in [2.45, 2.75) is 45.1 Å². The first kappa shape index (κ1) is 21.5. The first-order chi connectivity index (χ1) is 16.6. The highest BCUT2D eigenvalue weighted by molar-refractivity contribution is 6.31. The number of rotatable bonds is 6. The lowest BCUT2D eigenvalue weighted by molar-refractivity contribution is 0.0654. The first-order valence-electron chi connectivity index (χ1n) is 12.0. The zero-order valence-electron chi connectivity index (χ0n) is 18.9. The molecular weight excluding hydrogens is 452 g/mol. The fourth-order valence-electron chi connectivity index (χ4n) is 6.11. The smallest absolute Gasteiger partial charge is 0.354 e. The van der Waals surface area contributed by atoms with E-state index in [0.717, 1.165) is 17.0 Å². The highest BCUT2D eigenvalue weighted by atomic mass is 35.5. The Morgan fingerprint density at radius 2 is 1.82 bits per heavy atom. The molecular formula is C27H27ClN2O4. The summed E-state index contributed by atoms with van der Waals surface area (Å²) in [5.41, 5.74) is 3.34. The van der Waals surface area contributed by atoms with Crippen molar-refractivity contribution in [2.24, 2.45) is 17.8 Å². The fourth-order valence-corrected chi connectivity index (χ4v) is 6.33. The van der Waals surface area contributed by atoms with E-state index < -0.39 is 5.97 Å². The van der Waals surface area contributed by atoms with Gasteiger partial charge < -0.3 is 14.6 Å². The second-order valence-corrected chi connectivity index (χ2v) is 10.2. The SMILES string of the molecule is O=C(O)c1c(Cc2cc3c(cc2Cl)OCO3)c(-c2ccccc2)nn1CC1CC2CCC1CC2. The molecule has 1 atom stereocenters. The highest BCUT2D eigenvalue weighted by Crippen LogP contribution is 2.46. The Labute approximate surface area is 203 Å². The third-order valence-electron chi connectivity index (χ3n) is 7.81. The summed E-state index contributed by atoms with van der Waals surface area (Å²) in [6, 6.07) is 13.4. The van der Waals surface area contributed by atoms with Crippen LogP contribution in [0.3, 0.4) is 0 Å². The molecule has 3 fully saturated rings. The molecule has 3 aliphatic carbocycles. The minimum Gasteiger partial charge on any atom is -0.477 e. The molecule has 1 aliphatic heterocycles. The van der Waals surface area contributed by atoms with Crippen LogP contribution in [0.2, 0.25) is 5.02 Å². The van der Waals surface area contributed by atoms with Gasteiger partial charge in [-0.1, -0.05) is 54.8 Å². The van der Waals surface area contributed by atoms with Crippen molar-refractivity contribution in [3.63, 3.8) is 0 Å². The van der Waals surface area contributed by atoms with Gasteiger partial charge in [-0.05, 0) is 48.6 Å². The van der Waals surface area contributed by atoms with Crippen LogP contribution in [-0.4, -0.2) is 27.6 Å². The van der Waals surface area contributed by atoms with E-state index >= 15 is 0 Å². The van der Waals surface area contributed by atoms with Gasteiger partial charge in [0.1, 0.15) is 5.69 Å². The zero-order valence-corrected chi connectivity index (χ0v) is 19.6. The lowest BCUT2D eigenvalue weighted by Crippen LogP contribution is -2.34. The molecule has 0 saturated heterocycles. The predicted octanol–water partition coefficient (Wildman–Crippen LogP) is 6.05. The maximum absolute atomic E-state index is 12.6. The van der Waals surface area contributed by atoms with Gasteiger partial charge >= 0.3 is 5.97 Å². The average molecular weight is 479 g/mol. The molecule has 6 nitrogen and oxygen atoms in total. The first-order valence-corrected chi connectivity index (χ1v) is 12.4. The number of carbonyl (C=O) groups is 1. The number of carboxylic acids is 1. The lowest BCUT2D eigenvalue weighted by atomic mass is 9.65. The molecule has 7 heteroatoms. The molecule has 1 aromatic heterocycles. The molecule has 2 bridgehead atoms. The van der Waals surface area contributed by atoms with Crippen LogP contribution in [-0.2, 0) is 13.0 Å². The summed E-state index contributed by atoms with van der Waals surface area (Å²) >= 11 is 6.58. The van der Waals surface area contributed by atoms with E-state index in [1.54, 1.807) is 10.7 Å². The van der Waals surface area contributed by atoms with Crippen LogP contribution in [0.5, 0.6) is 11.5 Å². The third kappa shape index (κ3) is 3.84.